The number of carboxylic acids is 1. The number of hydrogen-bond acceptors (Lipinski definition) is 4. The van der Waals surface area contributed by atoms with Gasteiger partial charge in [-0.2, -0.15) is 0 Å². The van der Waals surface area contributed by atoms with Crippen molar-refractivity contribution in [3.05, 3.63) is 53.5 Å². The summed E-state index contributed by atoms with van der Waals surface area (Å²) in [5.74, 6) is 0.710. The SMILES string of the molecule is CCc1cc(NC(CCC(=O)O)Cc2ccccc2)nc(C)n1. The number of carbonyl (C=O) groups is 1. The lowest BCUT2D eigenvalue weighted by Gasteiger charge is -2.19. The number of aliphatic carboxylic acids is 1. The van der Waals surface area contributed by atoms with Crippen molar-refractivity contribution in [2.45, 2.75) is 45.6 Å². The van der Waals surface area contributed by atoms with Crippen LogP contribution < -0.4 is 5.32 Å². The average molecular weight is 313 g/mol. The molecule has 0 saturated heterocycles. The molecule has 122 valence electrons. The Morgan fingerprint density at radius 2 is 2.00 bits per heavy atom. The zero-order valence-corrected chi connectivity index (χ0v) is 13.6. The zero-order valence-electron chi connectivity index (χ0n) is 13.6. The Balaban J connectivity index is 2.13. The van der Waals surface area contributed by atoms with Crippen molar-refractivity contribution in [1.82, 2.24) is 9.97 Å². The average Bonchev–Trinajstić information content (AvgIpc) is 2.53. The van der Waals surface area contributed by atoms with E-state index in [0.29, 0.717) is 6.42 Å². The molecule has 0 radical (unpaired) electrons. The summed E-state index contributed by atoms with van der Waals surface area (Å²) >= 11 is 0. The number of carboxylic acid groups (broad SMARTS) is 1. The highest BCUT2D eigenvalue weighted by molar-refractivity contribution is 5.66. The third kappa shape index (κ3) is 5.70. The van der Waals surface area contributed by atoms with Gasteiger partial charge in [0, 0.05) is 24.2 Å². The summed E-state index contributed by atoms with van der Waals surface area (Å²) in [7, 11) is 0. The second kappa shape index (κ2) is 8.27. The zero-order chi connectivity index (χ0) is 16.7. The molecule has 1 aromatic heterocycles. The Hall–Kier alpha value is -2.43. The van der Waals surface area contributed by atoms with E-state index in [9.17, 15) is 4.79 Å². The van der Waals surface area contributed by atoms with Gasteiger partial charge in [-0.15, -0.1) is 0 Å². The predicted molar refractivity (Wildman–Crippen MR) is 90.6 cm³/mol. The van der Waals surface area contributed by atoms with Crippen molar-refractivity contribution in [2.24, 2.45) is 0 Å². The van der Waals surface area contributed by atoms with Gasteiger partial charge in [-0.25, -0.2) is 9.97 Å². The van der Waals surface area contributed by atoms with Crippen LogP contribution in [0.15, 0.2) is 36.4 Å². The predicted octanol–water partition coefficient (Wildman–Crippen LogP) is 3.24. The van der Waals surface area contributed by atoms with Crippen LogP contribution in [0.5, 0.6) is 0 Å². The summed E-state index contributed by atoms with van der Waals surface area (Å²) in [5.41, 5.74) is 2.16. The minimum Gasteiger partial charge on any atom is -0.481 e. The highest BCUT2D eigenvalue weighted by atomic mass is 16.4. The van der Waals surface area contributed by atoms with Gasteiger partial charge in [-0.1, -0.05) is 37.3 Å². The highest BCUT2D eigenvalue weighted by Crippen LogP contribution is 2.15. The van der Waals surface area contributed by atoms with Crippen LogP contribution in [-0.2, 0) is 17.6 Å². The van der Waals surface area contributed by atoms with Gasteiger partial charge in [-0.05, 0) is 31.7 Å². The van der Waals surface area contributed by atoms with Crippen molar-refractivity contribution >= 4 is 11.8 Å². The fraction of sp³-hybridized carbons (Fsp3) is 0.389. The normalized spacial score (nSPS) is 11.9. The number of nitrogens with one attached hydrogen (secondary N) is 1. The van der Waals surface area contributed by atoms with Crippen LogP contribution in [0.25, 0.3) is 0 Å². The lowest BCUT2D eigenvalue weighted by atomic mass is 10.0. The second-order valence-corrected chi connectivity index (χ2v) is 5.61. The third-order valence-electron chi connectivity index (χ3n) is 3.64. The number of benzene rings is 1. The van der Waals surface area contributed by atoms with Crippen molar-refractivity contribution < 1.29 is 9.90 Å². The molecule has 5 nitrogen and oxygen atoms in total. The first-order chi connectivity index (χ1) is 11.1. The summed E-state index contributed by atoms with van der Waals surface area (Å²) in [6, 6.07) is 12.0. The Kier molecular flexibility index (Phi) is 6.09. The van der Waals surface area contributed by atoms with Gasteiger partial charge in [0.15, 0.2) is 0 Å². The van der Waals surface area contributed by atoms with Gasteiger partial charge in [-0.3, -0.25) is 4.79 Å². The maximum absolute atomic E-state index is 10.9. The summed E-state index contributed by atoms with van der Waals surface area (Å²) < 4.78 is 0. The van der Waals surface area contributed by atoms with Gasteiger partial charge in [0.2, 0.25) is 0 Å². The molecule has 2 rings (SSSR count). The molecule has 0 saturated carbocycles. The highest BCUT2D eigenvalue weighted by Gasteiger charge is 2.13. The summed E-state index contributed by atoms with van der Waals surface area (Å²) in [4.78, 5) is 19.7. The van der Waals surface area contributed by atoms with Crippen molar-refractivity contribution in [3.63, 3.8) is 0 Å². The van der Waals surface area contributed by atoms with Gasteiger partial charge in [0.1, 0.15) is 11.6 Å². The Morgan fingerprint density at radius 3 is 2.65 bits per heavy atom. The van der Waals surface area contributed by atoms with E-state index in [1.165, 1.54) is 5.56 Å². The van der Waals surface area contributed by atoms with Crippen LogP contribution in [0.1, 0.15) is 36.8 Å². The standard InChI is InChI=1S/C18H23N3O2/c1-3-15-12-17(20-13(2)19-15)21-16(9-10-18(22)23)11-14-7-5-4-6-8-14/h4-8,12,16H,3,9-11H2,1-2H3,(H,22,23)(H,19,20,21). The largest absolute Gasteiger partial charge is 0.481 e. The van der Waals surface area contributed by atoms with E-state index in [-0.39, 0.29) is 12.5 Å². The van der Waals surface area contributed by atoms with E-state index in [2.05, 4.69) is 34.3 Å². The first-order valence-corrected chi connectivity index (χ1v) is 7.93. The maximum atomic E-state index is 10.9. The fourth-order valence-electron chi connectivity index (χ4n) is 2.52. The molecule has 0 bridgehead atoms. The van der Waals surface area contributed by atoms with Gasteiger partial charge in [0.05, 0.1) is 0 Å². The van der Waals surface area contributed by atoms with E-state index < -0.39 is 5.97 Å². The molecule has 1 unspecified atom stereocenters. The number of anilines is 1. The van der Waals surface area contributed by atoms with Gasteiger partial charge >= 0.3 is 5.97 Å². The number of nitrogens with zero attached hydrogens (tertiary/aromatic N) is 2. The van der Waals surface area contributed by atoms with E-state index >= 15 is 0 Å². The Bertz CT molecular complexity index is 644. The molecular weight excluding hydrogens is 290 g/mol. The first-order valence-electron chi connectivity index (χ1n) is 7.93. The number of hydrogen-bond donors (Lipinski definition) is 2. The smallest absolute Gasteiger partial charge is 0.303 e. The molecule has 0 aliphatic heterocycles. The van der Waals surface area contributed by atoms with Crippen molar-refractivity contribution in [3.8, 4) is 0 Å². The van der Waals surface area contributed by atoms with E-state index in [1.807, 2.05) is 31.2 Å². The molecule has 1 atom stereocenters. The first kappa shape index (κ1) is 16.9. The molecule has 2 aromatic rings. The van der Waals surface area contributed by atoms with Crippen LogP contribution in [0.2, 0.25) is 0 Å². The van der Waals surface area contributed by atoms with Crippen LogP contribution in [-0.4, -0.2) is 27.1 Å². The molecule has 0 amide bonds. The lowest BCUT2D eigenvalue weighted by Crippen LogP contribution is -2.24. The van der Waals surface area contributed by atoms with E-state index in [4.69, 9.17) is 5.11 Å². The molecule has 1 heterocycles. The van der Waals surface area contributed by atoms with Crippen molar-refractivity contribution in [1.29, 1.82) is 0 Å². The van der Waals surface area contributed by atoms with Crippen LogP contribution >= 0.6 is 0 Å². The van der Waals surface area contributed by atoms with E-state index in [0.717, 1.165) is 30.2 Å². The van der Waals surface area contributed by atoms with Crippen molar-refractivity contribution in [2.75, 3.05) is 5.32 Å². The second-order valence-electron chi connectivity index (χ2n) is 5.61. The number of rotatable bonds is 8. The maximum Gasteiger partial charge on any atom is 0.303 e. The lowest BCUT2D eigenvalue weighted by molar-refractivity contribution is -0.137. The number of aromatic nitrogens is 2. The minimum atomic E-state index is -0.780. The molecule has 0 aliphatic rings. The van der Waals surface area contributed by atoms with Gasteiger partial charge in [0.25, 0.3) is 0 Å². The monoisotopic (exact) mass is 313 g/mol. The minimum absolute atomic E-state index is 0.0208. The number of aryl methyl sites for hydroxylation is 2. The summed E-state index contributed by atoms with van der Waals surface area (Å²) in [5, 5.41) is 12.4. The quantitative estimate of drug-likeness (QED) is 0.782. The summed E-state index contributed by atoms with van der Waals surface area (Å²) in [6.07, 6.45) is 2.29. The Labute approximate surface area is 136 Å². The molecule has 0 spiro atoms. The molecule has 1 aromatic carbocycles. The van der Waals surface area contributed by atoms with Crippen LogP contribution in [0.3, 0.4) is 0 Å². The molecule has 0 aliphatic carbocycles. The molecule has 0 fully saturated rings. The summed E-state index contributed by atoms with van der Waals surface area (Å²) in [6.45, 7) is 3.92. The van der Waals surface area contributed by atoms with E-state index in [1.54, 1.807) is 0 Å². The fourth-order valence-corrected chi connectivity index (χ4v) is 2.52. The van der Waals surface area contributed by atoms with Crippen LogP contribution in [0.4, 0.5) is 5.82 Å². The third-order valence-corrected chi connectivity index (χ3v) is 3.64. The molecular formula is C18H23N3O2. The molecule has 5 heteroatoms. The Morgan fingerprint density at radius 1 is 1.26 bits per heavy atom. The molecule has 2 N–H and O–H groups in total. The van der Waals surface area contributed by atoms with Crippen LogP contribution in [0, 0.1) is 6.92 Å². The molecule has 23 heavy (non-hydrogen) atoms. The van der Waals surface area contributed by atoms with Gasteiger partial charge < -0.3 is 10.4 Å². The topological polar surface area (TPSA) is 75.1 Å².